The average molecular weight is 364 g/mol. The molecular formula is C17H24N4O3S. The Balaban J connectivity index is 1.72. The zero-order valence-corrected chi connectivity index (χ0v) is 15.3. The Morgan fingerprint density at radius 1 is 1.20 bits per heavy atom. The molecule has 0 unspecified atom stereocenters. The number of amides is 1. The van der Waals surface area contributed by atoms with Crippen molar-refractivity contribution in [3.63, 3.8) is 0 Å². The van der Waals surface area contributed by atoms with Gasteiger partial charge in [-0.1, -0.05) is 18.9 Å². The van der Waals surface area contributed by atoms with Gasteiger partial charge in [0, 0.05) is 25.5 Å². The number of hydrogen-bond donors (Lipinski definition) is 1. The van der Waals surface area contributed by atoms with Gasteiger partial charge >= 0.3 is 0 Å². The number of nitrogens with zero attached hydrogens (tertiary/aromatic N) is 3. The third kappa shape index (κ3) is 4.19. The number of imidazole rings is 1. The number of nitrogens with one attached hydrogen (secondary N) is 1. The summed E-state index contributed by atoms with van der Waals surface area (Å²) in [6, 6.07) is 5.17. The molecule has 3 rings (SSSR count). The number of fused-ring (bicyclic) bond motifs is 1. The van der Waals surface area contributed by atoms with Crippen LogP contribution in [-0.2, 0) is 9.84 Å². The Hall–Kier alpha value is -1.93. The van der Waals surface area contributed by atoms with Gasteiger partial charge < -0.3 is 10.2 Å². The van der Waals surface area contributed by atoms with Crippen LogP contribution in [0.1, 0.15) is 36.2 Å². The molecule has 0 aliphatic carbocycles. The summed E-state index contributed by atoms with van der Waals surface area (Å²) in [6.07, 6.45) is 7.66. The molecule has 3 heterocycles. The lowest BCUT2D eigenvalue weighted by molar-refractivity contribution is 0.0945. The molecular weight excluding hydrogens is 340 g/mol. The SMILES string of the molecule is CS(=O)(=O)c1nc(C(=O)NCCN2CCCCCC2)c2ccccn12. The van der Waals surface area contributed by atoms with E-state index in [1.54, 1.807) is 24.4 Å². The second-order valence-electron chi connectivity index (χ2n) is 6.48. The van der Waals surface area contributed by atoms with Gasteiger partial charge in [0.25, 0.3) is 5.91 Å². The van der Waals surface area contributed by atoms with E-state index in [-0.39, 0.29) is 16.8 Å². The van der Waals surface area contributed by atoms with Crippen LogP contribution in [0.3, 0.4) is 0 Å². The first-order valence-electron chi connectivity index (χ1n) is 8.64. The molecule has 0 spiro atoms. The lowest BCUT2D eigenvalue weighted by Gasteiger charge is -2.19. The summed E-state index contributed by atoms with van der Waals surface area (Å²) in [6.45, 7) is 3.47. The summed E-state index contributed by atoms with van der Waals surface area (Å²) < 4.78 is 25.3. The molecule has 1 saturated heterocycles. The standard InChI is InChI=1S/C17H24N4O3S/c1-25(23,24)17-19-15(14-8-4-7-12-21(14)17)16(22)18-9-13-20-10-5-2-3-6-11-20/h4,7-8,12H,2-3,5-6,9-11,13H2,1H3,(H,18,22). The summed E-state index contributed by atoms with van der Waals surface area (Å²) in [5, 5.41) is 2.76. The van der Waals surface area contributed by atoms with Gasteiger partial charge in [0.15, 0.2) is 5.69 Å². The Labute approximate surface area is 148 Å². The van der Waals surface area contributed by atoms with Crippen LogP contribution in [0.25, 0.3) is 5.52 Å². The van der Waals surface area contributed by atoms with E-state index in [1.807, 2.05) is 0 Å². The van der Waals surface area contributed by atoms with E-state index >= 15 is 0 Å². The van der Waals surface area contributed by atoms with E-state index in [0.29, 0.717) is 12.1 Å². The molecule has 1 aliphatic heterocycles. The van der Waals surface area contributed by atoms with Gasteiger partial charge in [-0.25, -0.2) is 13.4 Å². The molecule has 25 heavy (non-hydrogen) atoms. The summed E-state index contributed by atoms with van der Waals surface area (Å²) in [4.78, 5) is 19.0. The monoisotopic (exact) mass is 364 g/mol. The number of rotatable bonds is 5. The van der Waals surface area contributed by atoms with Gasteiger partial charge in [-0.3, -0.25) is 9.20 Å². The zero-order chi connectivity index (χ0) is 17.9. The fourth-order valence-electron chi connectivity index (χ4n) is 3.21. The van der Waals surface area contributed by atoms with Crippen molar-refractivity contribution in [3.05, 3.63) is 30.1 Å². The molecule has 1 N–H and O–H groups in total. The van der Waals surface area contributed by atoms with Gasteiger partial charge in [-0.05, 0) is 38.1 Å². The van der Waals surface area contributed by atoms with Crippen molar-refractivity contribution in [3.8, 4) is 0 Å². The molecule has 0 aromatic carbocycles. The molecule has 7 nitrogen and oxygen atoms in total. The maximum absolute atomic E-state index is 12.5. The molecule has 1 amide bonds. The molecule has 1 fully saturated rings. The first-order valence-corrected chi connectivity index (χ1v) is 10.5. The van der Waals surface area contributed by atoms with Crippen molar-refractivity contribution in [1.82, 2.24) is 19.6 Å². The molecule has 0 bridgehead atoms. The van der Waals surface area contributed by atoms with Gasteiger partial charge in [0.05, 0.1) is 5.52 Å². The number of hydrogen-bond acceptors (Lipinski definition) is 5. The fourth-order valence-corrected chi connectivity index (χ4v) is 3.98. The molecule has 2 aromatic heterocycles. The zero-order valence-electron chi connectivity index (χ0n) is 14.4. The van der Waals surface area contributed by atoms with Crippen molar-refractivity contribution in [1.29, 1.82) is 0 Å². The Kier molecular flexibility index (Phi) is 5.39. The lowest BCUT2D eigenvalue weighted by atomic mass is 10.2. The largest absolute Gasteiger partial charge is 0.349 e. The molecule has 136 valence electrons. The van der Waals surface area contributed by atoms with Crippen LogP contribution in [-0.4, -0.2) is 61.0 Å². The Morgan fingerprint density at radius 2 is 1.92 bits per heavy atom. The Morgan fingerprint density at radius 3 is 2.60 bits per heavy atom. The highest BCUT2D eigenvalue weighted by molar-refractivity contribution is 7.90. The van der Waals surface area contributed by atoms with Crippen molar-refractivity contribution < 1.29 is 13.2 Å². The minimum absolute atomic E-state index is 0.110. The molecule has 0 atom stereocenters. The van der Waals surface area contributed by atoms with Crippen molar-refractivity contribution in [2.45, 2.75) is 30.8 Å². The van der Waals surface area contributed by atoms with Gasteiger partial charge in [-0.15, -0.1) is 0 Å². The van der Waals surface area contributed by atoms with E-state index < -0.39 is 9.84 Å². The number of carbonyl (C=O) groups excluding carboxylic acids is 1. The maximum Gasteiger partial charge on any atom is 0.272 e. The van der Waals surface area contributed by atoms with Crippen LogP contribution < -0.4 is 5.32 Å². The molecule has 0 radical (unpaired) electrons. The molecule has 2 aromatic rings. The van der Waals surface area contributed by atoms with Gasteiger partial charge in [0.1, 0.15) is 0 Å². The van der Waals surface area contributed by atoms with Crippen molar-refractivity contribution >= 4 is 21.3 Å². The highest BCUT2D eigenvalue weighted by Crippen LogP contribution is 2.17. The summed E-state index contributed by atoms with van der Waals surface area (Å²) >= 11 is 0. The summed E-state index contributed by atoms with van der Waals surface area (Å²) in [7, 11) is -3.52. The number of sulfone groups is 1. The van der Waals surface area contributed by atoms with Crippen molar-refractivity contribution in [2.75, 3.05) is 32.4 Å². The quantitative estimate of drug-likeness (QED) is 0.866. The first kappa shape index (κ1) is 17.9. The number of pyridine rings is 1. The topological polar surface area (TPSA) is 83.8 Å². The molecule has 0 saturated carbocycles. The van der Waals surface area contributed by atoms with Crippen LogP contribution in [0.15, 0.2) is 29.6 Å². The second-order valence-corrected chi connectivity index (χ2v) is 8.39. The number of carbonyl (C=O) groups is 1. The van der Waals surface area contributed by atoms with E-state index in [1.165, 1.54) is 30.1 Å². The highest BCUT2D eigenvalue weighted by atomic mass is 32.2. The predicted molar refractivity (Wildman–Crippen MR) is 95.5 cm³/mol. The summed E-state index contributed by atoms with van der Waals surface area (Å²) in [5.41, 5.74) is 0.645. The van der Waals surface area contributed by atoms with E-state index in [9.17, 15) is 13.2 Å². The minimum atomic E-state index is -3.52. The van der Waals surface area contributed by atoms with Crippen LogP contribution >= 0.6 is 0 Å². The van der Waals surface area contributed by atoms with E-state index in [4.69, 9.17) is 0 Å². The fraction of sp³-hybridized carbons (Fsp3) is 0.529. The van der Waals surface area contributed by atoms with Gasteiger partial charge in [0.2, 0.25) is 15.0 Å². The second kappa shape index (κ2) is 7.53. The van der Waals surface area contributed by atoms with Crippen LogP contribution in [0.2, 0.25) is 0 Å². The first-order chi connectivity index (χ1) is 12.0. The third-order valence-electron chi connectivity index (χ3n) is 4.48. The van der Waals surface area contributed by atoms with Crippen LogP contribution in [0, 0.1) is 0 Å². The van der Waals surface area contributed by atoms with Crippen LogP contribution in [0.5, 0.6) is 0 Å². The molecule has 1 aliphatic rings. The minimum Gasteiger partial charge on any atom is -0.349 e. The smallest absolute Gasteiger partial charge is 0.272 e. The van der Waals surface area contributed by atoms with Gasteiger partial charge in [-0.2, -0.15) is 0 Å². The van der Waals surface area contributed by atoms with E-state index in [0.717, 1.165) is 25.9 Å². The lowest BCUT2D eigenvalue weighted by Crippen LogP contribution is -2.35. The number of aromatic nitrogens is 2. The maximum atomic E-state index is 12.5. The average Bonchev–Trinajstić information content (AvgIpc) is 2.78. The highest BCUT2D eigenvalue weighted by Gasteiger charge is 2.22. The van der Waals surface area contributed by atoms with Crippen LogP contribution in [0.4, 0.5) is 0 Å². The molecule has 8 heteroatoms. The number of likely N-dealkylation sites (tertiary alicyclic amines) is 1. The third-order valence-corrected chi connectivity index (χ3v) is 5.43. The van der Waals surface area contributed by atoms with Crippen molar-refractivity contribution in [2.24, 2.45) is 0 Å². The normalized spacial score (nSPS) is 16.7. The summed E-state index contributed by atoms with van der Waals surface area (Å²) in [5.74, 6) is -0.339. The Bertz CT molecular complexity index is 852. The van der Waals surface area contributed by atoms with E-state index in [2.05, 4.69) is 15.2 Å². The predicted octanol–water partition coefficient (Wildman–Crippen LogP) is 1.34.